The number of nitrogens with zero attached hydrogens (tertiary/aromatic N) is 3. The van der Waals surface area contributed by atoms with Crippen molar-refractivity contribution in [2.24, 2.45) is 5.92 Å². The first-order chi connectivity index (χ1) is 12.7. The van der Waals surface area contributed by atoms with Gasteiger partial charge in [-0.3, -0.25) is 14.7 Å². The maximum Gasteiger partial charge on any atom is 0.253 e. The van der Waals surface area contributed by atoms with Crippen LogP contribution in [0.2, 0.25) is 0 Å². The summed E-state index contributed by atoms with van der Waals surface area (Å²) in [5, 5.41) is 0. The van der Waals surface area contributed by atoms with Crippen LogP contribution in [0.5, 0.6) is 0 Å². The summed E-state index contributed by atoms with van der Waals surface area (Å²) < 4.78 is 5.79. The average molecular weight is 357 g/mol. The molecule has 1 spiro atoms. The predicted molar refractivity (Wildman–Crippen MR) is 101 cm³/mol. The summed E-state index contributed by atoms with van der Waals surface area (Å²) in [6, 6.07) is 4.21. The quantitative estimate of drug-likeness (QED) is 0.785. The summed E-state index contributed by atoms with van der Waals surface area (Å²) in [6.45, 7) is 6.71. The van der Waals surface area contributed by atoms with E-state index < -0.39 is 0 Å². The van der Waals surface area contributed by atoms with Crippen molar-refractivity contribution < 1.29 is 9.53 Å². The lowest BCUT2D eigenvalue weighted by Crippen LogP contribution is -2.56. The van der Waals surface area contributed by atoms with Crippen molar-refractivity contribution >= 4 is 5.91 Å². The highest BCUT2D eigenvalue weighted by molar-refractivity contribution is 5.94. The van der Waals surface area contributed by atoms with Crippen molar-refractivity contribution in [3.63, 3.8) is 0 Å². The number of pyridine rings is 1. The highest BCUT2D eigenvalue weighted by Crippen LogP contribution is 2.44. The fourth-order valence-electron chi connectivity index (χ4n) is 4.81. The molecule has 4 rings (SSSR count). The van der Waals surface area contributed by atoms with Crippen molar-refractivity contribution in [1.29, 1.82) is 0 Å². The highest BCUT2D eigenvalue weighted by atomic mass is 16.5. The van der Waals surface area contributed by atoms with Gasteiger partial charge in [0, 0.05) is 55.8 Å². The van der Waals surface area contributed by atoms with Gasteiger partial charge < -0.3 is 9.64 Å². The lowest BCUT2D eigenvalue weighted by atomic mass is 9.84. The first-order valence-corrected chi connectivity index (χ1v) is 10.3. The maximum atomic E-state index is 12.7. The average Bonchev–Trinajstić information content (AvgIpc) is 3.46. The van der Waals surface area contributed by atoms with Gasteiger partial charge in [0.2, 0.25) is 0 Å². The summed E-state index contributed by atoms with van der Waals surface area (Å²) in [6.07, 6.45) is 10.9. The third kappa shape index (κ3) is 3.65. The number of hydrogen-bond donors (Lipinski definition) is 0. The van der Waals surface area contributed by atoms with E-state index in [1.165, 1.54) is 32.2 Å². The van der Waals surface area contributed by atoms with Crippen LogP contribution in [0.3, 0.4) is 0 Å². The van der Waals surface area contributed by atoms with Crippen molar-refractivity contribution in [2.75, 3.05) is 32.8 Å². The van der Waals surface area contributed by atoms with Crippen LogP contribution < -0.4 is 0 Å². The zero-order chi connectivity index (χ0) is 18.0. The first-order valence-electron chi connectivity index (χ1n) is 10.3. The molecule has 5 heteroatoms. The highest BCUT2D eigenvalue weighted by Gasteiger charge is 2.49. The molecule has 142 valence electrons. The number of aromatic nitrogens is 1. The molecule has 0 radical (unpaired) electrons. The summed E-state index contributed by atoms with van der Waals surface area (Å²) in [5.41, 5.74) is 1.05. The Labute approximate surface area is 156 Å². The number of carbonyl (C=O) groups is 1. The molecule has 1 aromatic heterocycles. The van der Waals surface area contributed by atoms with Crippen LogP contribution in [0.25, 0.3) is 0 Å². The molecule has 0 N–H and O–H groups in total. The lowest BCUT2D eigenvalue weighted by molar-refractivity contribution is 0.00310. The molecular formula is C21H31N3O2. The largest absolute Gasteiger partial charge is 0.380 e. The Hall–Kier alpha value is -1.46. The van der Waals surface area contributed by atoms with Crippen molar-refractivity contribution in [2.45, 2.75) is 57.0 Å². The summed E-state index contributed by atoms with van der Waals surface area (Å²) in [4.78, 5) is 21.6. The Morgan fingerprint density at radius 2 is 1.92 bits per heavy atom. The molecule has 5 nitrogen and oxygen atoms in total. The standard InChI is InChI=1S/C21H31N3O2/c1-2-26-16-19-5-8-21(24(19)15-17-3-4-17)9-13-23(14-10-21)20(25)18-6-11-22-12-7-18/h6-7,11-12,17,19H,2-5,8-10,13-16H2,1H3/t19-/m0/s1. The molecule has 0 unspecified atom stereocenters. The second-order valence-corrected chi connectivity index (χ2v) is 8.20. The minimum atomic E-state index is 0.153. The van der Waals surface area contributed by atoms with Gasteiger partial charge in [-0.15, -0.1) is 0 Å². The predicted octanol–water partition coefficient (Wildman–Crippen LogP) is 2.97. The maximum absolute atomic E-state index is 12.7. The molecular weight excluding hydrogens is 326 g/mol. The van der Waals surface area contributed by atoms with E-state index in [0.29, 0.717) is 11.6 Å². The van der Waals surface area contributed by atoms with Gasteiger partial charge in [0.05, 0.1) is 6.61 Å². The Morgan fingerprint density at radius 3 is 2.58 bits per heavy atom. The Bertz CT molecular complexity index is 609. The molecule has 2 aliphatic heterocycles. The fraction of sp³-hybridized carbons (Fsp3) is 0.714. The smallest absolute Gasteiger partial charge is 0.253 e. The van der Waals surface area contributed by atoms with E-state index in [-0.39, 0.29) is 5.91 Å². The molecule has 0 aromatic carbocycles. The van der Waals surface area contributed by atoms with Gasteiger partial charge >= 0.3 is 0 Å². The van der Waals surface area contributed by atoms with Crippen LogP contribution in [-0.4, -0.2) is 65.1 Å². The lowest BCUT2D eigenvalue weighted by Gasteiger charge is -2.47. The summed E-state index contributed by atoms with van der Waals surface area (Å²) in [7, 11) is 0. The minimum absolute atomic E-state index is 0.153. The van der Waals surface area contributed by atoms with Gasteiger partial charge in [-0.25, -0.2) is 0 Å². The number of amides is 1. The number of rotatable bonds is 6. The summed E-state index contributed by atoms with van der Waals surface area (Å²) >= 11 is 0. The van der Waals surface area contributed by atoms with Gasteiger partial charge in [0.25, 0.3) is 5.91 Å². The van der Waals surface area contributed by atoms with E-state index in [1.54, 1.807) is 12.4 Å². The van der Waals surface area contributed by atoms with Crippen LogP contribution in [0, 0.1) is 5.92 Å². The van der Waals surface area contributed by atoms with Crippen molar-refractivity contribution in [3.05, 3.63) is 30.1 Å². The first kappa shape index (κ1) is 17.9. The van der Waals surface area contributed by atoms with E-state index in [9.17, 15) is 4.79 Å². The van der Waals surface area contributed by atoms with E-state index in [0.717, 1.165) is 50.6 Å². The molecule has 1 aromatic rings. The van der Waals surface area contributed by atoms with E-state index in [2.05, 4.69) is 16.8 Å². The molecule has 1 aliphatic carbocycles. The van der Waals surface area contributed by atoms with Gasteiger partial charge in [-0.1, -0.05) is 0 Å². The molecule has 3 heterocycles. The molecule has 1 atom stereocenters. The minimum Gasteiger partial charge on any atom is -0.380 e. The van der Waals surface area contributed by atoms with Gasteiger partial charge in [0.15, 0.2) is 0 Å². The normalized spacial score (nSPS) is 25.7. The van der Waals surface area contributed by atoms with Crippen LogP contribution in [0.4, 0.5) is 0 Å². The number of ether oxygens (including phenoxy) is 1. The number of hydrogen-bond acceptors (Lipinski definition) is 4. The van der Waals surface area contributed by atoms with Crippen molar-refractivity contribution in [3.8, 4) is 0 Å². The third-order valence-corrected chi connectivity index (χ3v) is 6.57. The molecule has 1 saturated carbocycles. The Balaban J connectivity index is 1.41. The Morgan fingerprint density at radius 1 is 1.19 bits per heavy atom. The Kier molecular flexibility index (Phi) is 5.28. The second kappa shape index (κ2) is 7.65. The summed E-state index contributed by atoms with van der Waals surface area (Å²) in [5.74, 6) is 1.05. The molecule has 1 amide bonds. The molecule has 3 aliphatic rings. The van der Waals surface area contributed by atoms with E-state index in [1.807, 2.05) is 17.0 Å². The van der Waals surface area contributed by atoms with Crippen LogP contribution in [-0.2, 0) is 4.74 Å². The molecule has 3 fully saturated rings. The molecule has 2 saturated heterocycles. The van der Waals surface area contributed by atoms with E-state index in [4.69, 9.17) is 4.74 Å². The van der Waals surface area contributed by atoms with Gasteiger partial charge in [0.1, 0.15) is 0 Å². The topological polar surface area (TPSA) is 45.7 Å². The zero-order valence-corrected chi connectivity index (χ0v) is 15.9. The van der Waals surface area contributed by atoms with Gasteiger partial charge in [-0.2, -0.15) is 0 Å². The van der Waals surface area contributed by atoms with Crippen LogP contribution in [0.1, 0.15) is 55.8 Å². The SMILES string of the molecule is CCOC[C@@H]1CCC2(CCN(C(=O)c3ccncc3)CC2)N1CC1CC1. The van der Waals surface area contributed by atoms with Gasteiger partial charge in [-0.05, 0) is 63.5 Å². The van der Waals surface area contributed by atoms with Crippen LogP contribution >= 0.6 is 0 Å². The van der Waals surface area contributed by atoms with E-state index >= 15 is 0 Å². The molecule has 0 bridgehead atoms. The second-order valence-electron chi connectivity index (χ2n) is 8.20. The fourth-order valence-corrected chi connectivity index (χ4v) is 4.81. The number of likely N-dealkylation sites (tertiary alicyclic amines) is 2. The number of piperidine rings is 1. The monoisotopic (exact) mass is 357 g/mol. The molecule has 26 heavy (non-hydrogen) atoms. The van der Waals surface area contributed by atoms with Crippen LogP contribution in [0.15, 0.2) is 24.5 Å². The third-order valence-electron chi connectivity index (χ3n) is 6.57. The van der Waals surface area contributed by atoms with Crippen molar-refractivity contribution in [1.82, 2.24) is 14.8 Å². The zero-order valence-electron chi connectivity index (χ0n) is 15.9. The number of carbonyl (C=O) groups excluding carboxylic acids is 1.